The van der Waals surface area contributed by atoms with Gasteiger partial charge in [-0.05, 0) is 49.4 Å². The molecular formula is C28H35N3O4S. The number of carbonyl (C=O) groups is 2. The number of unbranched alkanes of at least 4 members (excludes halogenated alkanes) is 1. The number of carbonyl (C=O) groups excluding carboxylic acids is 2. The van der Waals surface area contributed by atoms with Gasteiger partial charge in [-0.1, -0.05) is 56.5 Å². The average Bonchev–Trinajstić information content (AvgIpc) is 3.03. The summed E-state index contributed by atoms with van der Waals surface area (Å²) in [6.45, 7) is 3.69. The molecule has 1 aliphatic rings. The molecule has 0 unspecified atom stereocenters. The Bertz CT molecular complexity index is 1300. The van der Waals surface area contributed by atoms with Crippen molar-refractivity contribution in [2.75, 3.05) is 24.2 Å². The molecule has 0 radical (unpaired) electrons. The number of fused-ring (bicyclic) bond motifs is 1. The van der Waals surface area contributed by atoms with Gasteiger partial charge in [-0.2, -0.15) is 0 Å². The number of para-hydroxylation sites is 1. The fraction of sp³-hybridized carbons (Fsp3) is 0.429. The number of nitrogens with one attached hydrogen (secondary N) is 1. The lowest BCUT2D eigenvalue weighted by Crippen LogP contribution is -2.34. The third-order valence-corrected chi connectivity index (χ3v) is 8.37. The second kappa shape index (κ2) is 11.7. The second-order valence-electron chi connectivity index (χ2n) is 9.54. The number of hydrogen-bond acceptors (Lipinski definition) is 4. The van der Waals surface area contributed by atoms with Crippen molar-refractivity contribution < 1.29 is 18.0 Å². The number of aryl methyl sites for hydroxylation is 1. The van der Waals surface area contributed by atoms with Gasteiger partial charge in [0.05, 0.1) is 4.90 Å². The minimum atomic E-state index is -3.93. The van der Waals surface area contributed by atoms with Gasteiger partial charge < -0.3 is 14.8 Å². The van der Waals surface area contributed by atoms with Crippen LogP contribution in [-0.2, 0) is 32.4 Å². The topological polar surface area (TPSA) is 88.5 Å². The number of nitrogens with zero attached hydrogens (tertiary/aromatic N) is 2. The summed E-state index contributed by atoms with van der Waals surface area (Å²) >= 11 is 0. The van der Waals surface area contributed by atoms with E-state index in [1.807, 2.05) is 29.2 Å². The Morgan fingerprint density at radius 3 is 2.33 bits per heavy atom. The van der Waals surface area contributed by atoms with Gasteiger partial charge in [-0.15, -0.1) is 0 Å². The van der Waals surface area contributed by atoms with Gasteiger partial charge in [0, 0.05) is 35.9 Å². The molecule has 4 rings (SSSR count). The van der Waals surface area contributed by atoms with E-state index >= 15 is 0 Å². The summed E-state index contributed by atoms with van der Waals surface area (Å²) in [5, 5.41) is 3.22. The quantitative estimate of drug-likeness (QED) is 0.449. The molecule has 2 amide bonds. The molecule has 8 heteroatoms. The standard InChI is InChI=1S/C28H35N3O4S/c1-2-3-10-22-13-15-23(16-14-22)29-27(32)21-36(34,35)26-19-31(25-12-7-6-11-24(25)26)20-28(33)30-17-8-4-5-9-18-30/h6-7,11-16,19H,2-5,8-10,17-18,20-21H2,1H3,(H,29,32). The van der Waals surface area contributed by atoms with Crippen LogP contribution in [0.15, 0.2) is 59.6 Å². The molecular weight excluding hydrogens is 474 g/mol. The second-order valence-corrected chi connectivity index (χ2v) is 11.5. The van der Waals surface area contributed by atoms with Crippen LogP contribution in [-0.4, -0.2) is 48.5 Å². The number of hydrogen-bond donors (Lipinski definition) is 1. The smallest absolute Gasteiger partial charge is 0.242 e. The third kappa shape index (κ3) is 6.35. The van der Waals surface area contributed by atoms with E-state index < -0.39 is 21.5 Å². The van der Waals surface area contributed by atoms with Crippen molar-refractivity contribution in [2.24, 2.45) is 0 Å². The van der Waals surface area contributed by atoms with Crippen molar-refractivity contribution in [3.8, 4) is 0 Å². The summed E-state index contributed by atoms with van der Waals surface area (Å²) in [7, 11) is -3.93. The summed E-state index contributed by atoms with van der Waals surface area (Å²) in [6, 6.07) is 14.6. The third-order valence-electron chi connectivity index (χ3n) is 6.73. The van der Waals surface area contributed by atoms with Crippen LogP contribution in [0.3, 0.4) is 0 Å². The molecule has 1 aromatic heterocycles. The van der Waals surface area contributed by atoms with Crippen molar-refractivity contribution in [1.29, 1.82) is 0 Å². The number of amides is 2. The summed E-state index contributed by atoms with van der Waals surface area (Å²) < 4.78 is 28.3. The number of anilines is 1. The summed E-state index contributed by atoms with van der Waals surface area (Å²) in [5.41, 5.74) is 2.42. The molecule has 0 bridgehead atoms. The van der Waals surface area contributed by atoms with E-state index in [1.54, 1.807) is 28.8 Å². The maximum atomic E-state index is 13.3. The van der Waals surface area contributed by atoms with Crippen LogP contribution in [0.25, 0.3) is 10.9 Å². The number of rotatable bonds is 9. The average molecular weight is 510 g/mol. The molecule has 0 saturated carbocycles. The lowest BCUT2D eigenvalue weighted by molar-refractivity contribution is -0.131. The van der Waals surface area contributed by atoms with Crippen molar-refractivity contribution in [3.63, 3.8) is 0 Å². The first-order valence-corrected chi connectivity index (χ1v) is 14.5. The van der Waals surface area contributed by atoms with E-state index in [-0.39, 0.29) is 17.3 Å². The van der Waals surface area contributed by atoms with E-state index in [0.717, 1.165) is 58.0 Å². The van der Waals surface area contributed by atoms with Gasteiger partial charge in [-0.3, -0.25) is 9.59 Å². The molecule has 2 heterocycles. The van der Waals surface area contributed by atoms with Crippen molar-refractivity contribution in [3.05, 3.63) is 60.3 Å². The van der Waals surface area contributed by atoms with Gasteiger partial charge in [0.2, 0.25) is 11.8 Å². The fourth-order valence-corrected chi connectivity index (χ4v) is 6.11. The Balaban J connectivity index is 1.49. The first kappa shape index (κ1) is 25.9. The van der Waals surface area contributed by atoms with Gasteiger partial charge >= 0.3 is 0 Å². The molecule has 36 heavy (non-hydrogen) atoms. The lowest BCUT2D eigenvalue weighted by Gasteiger charge is -2.20. The van der Waals surface area contributed by atoms with Crippen molar-refractivity contribution >= 4 is 38.2 Å². The van der Waals surface area contributed by atoms with Crippen LogP contribution in [0.5, 0.6) is 0 Å². The number of sulfone groups is 1. The highest BCUT2D eigenvalue weighted by Crippen LogP contribution is 2.27. The minimum absolute atomic E-state index is 0.0123. The number of benzene rings is 2. The zero-order valence-electron chi connectivity index (χ0n) is 20.9. The Hall–Kier alpha value is -3.13. The van der Waals surface area contributed by atoms with E-state index in [4.69, 9.17) is 0 Å². The largest absolute Gasteiger partial charge is 0.341 e. The van der Waals surface area contributed by atoms with Gasteiger partial charge in [0.15, 0.2) is 9.84 Å². The molecule has 192 valence electrons. The predicted molar refractivity (Wildman–Crippen MR) is 143 cm³/mol. The van der Waals surface area contributed by atoms with Crippen LogP contribution < -0.4 is 5.32 Å². The summed E-state index contributed by atoms with van der Waals surface area (Å²) in [4.78, 5) is 27.6. The molecule has 7 nitrogen and oxygen atoms in total. The van der Waals surface area contributed by atoms with Crippen LogP contribution in [0.2, 0.25) is 0 Å². The molecule has 0 aliphatic carbocycles. The zero-order valence-corrected chi connectivity index (χ0v) is 21.7. The molecule has 1 aliphatic heterocycles. The highest BCUT2D eigenvalue weighted by atomic mass is 32.2. The van der Waals surface area contributed by atoms with Crippen LogP contribution >= 0.6 is 0 Å². The Kier molecular flexibility index (Phi) is 8.46. The van der Waals surface area contributed by atoms with Gasteiger partial charge in [0.25, 0.3) is 0 Å². The van der Waals surface area contributed by atoms with E-state index in [1.165, 1.54) is 11.8 Å². The highest BCUT2D eigenvalue weighted by Gasteiger charge is 2.26. The maximum Gasteiger partial charge on any atom is 0.242 e. The highest BCUT2D eigenvalue weighted by molar-refractivity contribution is 7.92. The molecule has 2 aromatic carbocycles. The summed E-state index contributed by atoms with van der Waals surface area (Å²) in [6.07, 6.45) is 8.94. The lowest BCUT2D eigenvalue weighted by atomic mass is 10.1. The molecule has 1 N–H and O–H groups in total. The van der Waals surface area contributed by atoms with Crippen molar-refractivity contribution in [2.45, 2.75) is 63.3 Å². The van der Waals surface area contributed by atoms with Gasteiger partial charge in [-0.25, -0.2) is 8.42 Å². The monoisotopic (exact) mass is 509 g/mol. The molecule has 3 aromatic rings. The van der Waals surface area contributed by atoms with Crippen LogP contribution in [0.4, 0.5) is 5.69 Å². The molecule has 1 fully saturated rings. The van der Waals surface area contributed by atoms with E-state index in [9.17, 15) is 18.0 Å². The predicted octanol–water partition coefficient (Wildman–Crippen LogP) is 4.80. The molecule has 0 spiro atoms. The number of aromatic nitrogens is 1. The Morgan fingerprint density at radius 2 is 1.64 bits per heavy atom. The van der Waals surface area contributed by atoms with Crippen molar-refractivity contribution in [1.82, 2.24) is 9.47 Å². The van der Waals surface area contributed by atoms with Crippen LogP contribution in [0, 0.1) is 0 Å². The van der Waals surface area contributed by atoms with Crippen LogP contribution in [0.1, 0.15) is 51.0 Å². The Morgan fingerprint density at radius 1 is 0.944 bits per heavy atom. The Labute approximate surface area is 213 Å². The van der Waals surface area contributed by atoms with E-state index in [0.29, 0.717) is 16.6 Å². The SMILES string of the molecule is CCCCc1ccc(NC(=O)CS(=O)(=O)c2cn(CC(=O)N3CCCCCC3)c3ccccc23)cc1. The first-order valence-electron chi connectivity index (χ1n) is 12.8. The number of likely N-dealkylation sites (tertiary alicyclic amines) is 1. The zero-order chi connectivity index (χ0) is 25.5. The molecule has 0 atom stereocenters. The minimum Gasteiger partial charge on any atom is -0.341 e. The summed E-state index contributed by atoms with van der Waals surface area (Å²) in [5.74, 6) is -1.27. The maximum absolute atomic E-state index is 13.3. The molecule has 1 saturated heterocycles. The first-order chi connectivity index (χ1) is 17.4. The normalized spacial score (nSPS) is 14.5. The fourth-order valence-electron chi connectivity index (χ4n) is 4.74. The van der Waals surface area contributed by atoms with E-state index in [2.05, 4.69) is 12.2 Å². The van der Waals surface area contributed by atoms with Gasteiger partial charge in [0.1, 0.15) is 12.3 Å².